The van der Waals surface area contributed by atoms with Crippen molar-refractivity contribution >= 4 is 5.91 Å². The number of hydrogen-bond donors (Lipinski definition) is 0. The van der Waals surface area contributed by atoms with Gasteiger partial charge < -0.3 is 9.64 Å². The Balaban J connectivity index is 1.78. The van der Waals surface area contributed by atoms with Crippen LogP contribution >= 0.6 is 0 Å². The summed E-state index contributed by atoms with van der Waals surface area (Å²) in [4.78, 5) is 13.4. The van der Waals surface area contributed by atoms with Crippen LogP contribution in [0.3, 0.4) is 0 Å². The van der Waals surface area contributed by atoms with E-state index >= 15 is 0 Å². The van der Waals surface area contributed by atoms with Gasteiger partial charge in [-0.2, -0.15) is 0 Å². The molecule has 0 aromatic heterocycles. The van der Waals surface area contributed by atoms with Crippen LogP contribution in [0, 0.1) is 5.92 Å². The number of nitrogens with zero attached hydrogens (tertiary/aromatic N) is 1. The maximum Gasteiger partial charge on any atom is 0.260 e. The smallest absolute Gasteiger partial charge is 0.260 e. The lowest BCUT2D eigenvalue weighted by Crippen LogP contribution is -2.33. The molecule has 2 atom stereocenters. The van der Waals surface area contributed by atoms with Crippen molar-refractivity contribution in [1.82, 2.24) is 4.90 Å². The van der Waals surface area contributed by atoms with Crippen LogP contribution in [-0.2, 0) is 9.53 Å². The second-order valence-corrected chi connectivity index (χ2v) is 4.75. The van der Waals surface area contributed by atoms with Crippen LogP contribution in [0.2, 0.25) is 0 Å². The Morgan fingerprint density at radius 3 is 2.61 bits per heavy atom. The predicted octanol–water partition coefficient (Wildman–Crippen LogP) is 2.20. The fourth-order valence-electron chi connectivity index (χ4n) is 2.29. The number of amides is 1. The Kier molecular flexibility index (Phi) is 2.59. The molecule has 0 unspecified atom stereocenters. The summed E-state index contributed by atoms with van der Waals surface area (Å²) in [5, 5.41) is 0. The van der Waals surface area contributed by atoms with Gasteiger partial charge in [-0.1, -0.05) is 30.3 Å². The lowest BCUT2D eigenvalue weighted by molar-refractivity contribution is -0.137. The van der Waals surface area contributed by atoms with E-state index in [-0.39, 0.29) is 19.2 Å². The topological polar surface area (TPSA) is 29.5 Å². The molecule has 3 nitrogen and oxygen atoms in total. The predicted molar refractivity (Wildman–Crippen MR) is 59.9 cm³/mol. The molecule has 1 aromatic carbocycles. The Hall–Kier alpha value is -1.49. The SMILES string of the molecule is O=C([C@@H]1CC1(F)F)N1COC[C@H]1c1ccccc1. The van der Waals surface area contributed by atoms with E-state index < -0.39 is 17.7 Å². The molecule has 0 bridgehead atoms. The summed E-state index contributed by atoms with van der Waals surface area (Å²) in [6.45, 7) is 0.471. The number of benzene rings is 1. The molecule has 1 amide bonds. The van der Waals surface area contributed by atoms with E-state index in [9.17, 15) is 13.6 Å². The molecule has 1 aliphatic carbocycles. The van der Waals surface area contributed by atoms with Gasteiger partial charge in [0, 0.05) is 6.42 Å². The standard InChI is InChI=1S/C13H13F2NO2/c14-13(15)6-10(13)12(17)16-8-18-7-11(16)9-4-2-1-3-5-9/h1-5,10-11H,6-8H2/t10-,11-/m0/s1. The molecular weight excluding hydrogens is 240 g/mol. The van der Waals surface area contributed by atoms with Gasteiger partial charge in [0.25, 0.3) is 5.92 Å². The highest BCUT2D eigenvalue weighted by Crippen LogP contribution is 2.50. The van der Waals surface area contributed by atoms with Crippen molar-refractivity contribution in [3.63, 3.8) is 0 Å². The van der Waals surface area contributed by atoms with Crippen LogP contribution in [-0.4, -0.2) is 30.1 Å². The second kappa shape index (κ2) is 4.02. The van der Waals surface area contributed by atoms with Crippen molar-refractivity contribution in [2.75, 3.05) is 13.3 Å². The highest BCUT2D eigenvalue weighted by molar-refractivity contribution is 5.83. The minimum Gasteiger partial charge on any atom is -0.359 e. The lowest BCUT2D eigenvalue weighted by atomic mass is 10.1. The van der Waals surface area contributed by atoms with E-state index in [1.807, 2.05) is 30.3 Å². The highest BCUT2D eigenvalue weighted by atomic mass is 19.3. The largest absolute Gasteiger partial charge is 0.359 e. The maximum absolute atomic E-state index is 12.9. The van der Waals surface area contributed by atoms with E-state index in [0.29, 0.717) is 6.61 Å². The number of carbonyl (C=O) groups is 1. The number of alkyl halides is 2. The molecule has 18 heavy (non-hydrogen) atoms. The number of halogens is 2. The summed E-state index contributed by atoms with van der Waals surface area (Å²) in [7, 11) is 0. The van der Waals surface area contributed by atoms with Crippen LogP contribution < -0.4 is 0 Å². The van der Waals surface area contributed by atoms with Crippen LogP contribution in [0.1, 0.15) is 18.0 Å². The van der Waals surface area contributed by atoms with Gasteiger partial charge in [-0.05, 0) is 5.56 Å². The van der Waals surface area contributed by atoms with Crippen molar-refractivity contribution in [2.24, 2.45) is 5.92 Å². The molecule has 1 aliphatic heterocycles. The molecular formula is C13H13F2NO2. The number of rotatable bonds is 2. The molecule has 3 rings (SSSR count). The van der Waals surface area contributed by atoms with Crippen LogP contribution in [0.25, 0.3) is 0 Å². The van der Waals surface area contributed by atoms with Crippen molar-refractivity contribution in [1.29, 1.82) is 0 Å². The first-order valence-electron chi connectivity index (χ1n) is 5.90. The second-order valence-electron chi connectivity index (χ2n) is 4.75. The monoisotopic (exact) mass is 253 g/mol. The van der Waals surface area contributed by atoms with Crippen molar-refractivity contribution in [3.05, 3.63) is 35.9 Å². The summed E-state index contributed by atoms with van der Waals surface area (Å²) in [5.41, 5.74) is 0.923. The Labute approximate surface area is 103 Å². The van der Waals surface area contributed by atoms with Gasteiger partial charge in [0.15, 0.2) is 0 Å². The van der Waals surface area contributed by atoms with E-state index in [0.717, 1.165) is 5.56 Å². The molecule has 1 saturated heterocycles. The van der Waals surface area contributed by atoms with Crippen molar-refractivity contribution in [2.45, 2.75) is 18.4 Å². The molecule has 0 spiro atoms. The molecule has 1 saturated carbocycles. The first-order valence-corrected chi connectivity index (χ1v) is 5.90. The zero-order valence-corrected chi connectivity index (χ0v) is 9.68. The van der Waals surface area contributed by atoms with E-state index in [2.05, 4.69) is 0 Å². The van der Waals surface area contributed by atoms with E-state index in [4.69, 9.17) is 4.74 Å². The molecule has 1 aromatic rings. The fourth-order valence-corrected chi connectivity index (χ4v) is 2.29. The minimum atomic E-state index is -2.82. The van der Waals surface area contributed by atoms with Gasteiger partial charge in [0.05, 0.1) is 12.6 Å². The molecule has 0 N–H and O–H groups in total. The summed E-state index contributed by atoms with van der Waals surface area (Å²) in [5.74, 6) is -4.46. The Morgan fingerprint density at radius 1 is 1.33 bits per heavy atom. The summed E-state index contributed by atoms with van der Waals surface area (Å²) in [6, 6.07) is 9.12. The summed E-state index contributed by atoms with van der Waals surface area (Å²) in [6.07, 6.45) is -0.330. The van der Waals surface area contributed by atoms with Crippen LogP contribution in [0.15, 0.2) is 30.3 Å². The van der Waals surface area contributed by atoms with Crippen molar-refractivity contribution in [3.8, 4) is 0 Å². The number of hydrogen-bond acceptors (Lipinski definition) is 2. The normalized spacial score (nSPS) is 29.3. The zero-order chi connectivity index (χ0) is 12.8. The van der Waals surface area contributed by atoms with Crippen molar-refractivity contribution < 1.29 is 18.3 Å². The average Bonchev–Trinajstić information content (AvgIpc) is 2.80. The summed E-state index contributed by atoms with van der Waals surface area (Å²) < 4.78 is 31.1. The Bertz CT molecular complexity index is 463. The van der Waals surface area contributed by atoms with Gasteiger partial charge in [0.2, 0.25) is 5.91 Å². The highest BCUT2D eigenvalue weighted by Gasteiger charge is 2.63. The molecule has 0 radical (unpaired) electrons. The van der Waals surface area contributed by atoms with Gasteiger partial charge in [-0.25, -0.2) is 8.78 Å². The fraction of sp³-hybridized carbons (Fsp3) is 0.462. The third-order valence-corrected chi connectivity index (χ3v) is 3.47. The molecule has 2 aliphatic rings. The van der Waals surface area contributed by atoms with Gasteiger partial charge in [-0.15, -0.1) is 0 Å². The first-order chi connectivity index (χ1) is 8.59. The minimum absolute atomic E-state index is 0.102. The van der Waals surface area contributed by atoms with Crippen LogP contribution in [0.4, 0.5) is 8.78 Å². The first kappa shape index (κ1) is 11.6. The quantitative estimate of drug-likeness (QED) is 0.808. The average molecular weight is 253 g/mol. The van der Waals surface area contributed by atoms with Gasteiger partial charge >= 0.3 is 0 Å². The third-order valence-electron chi connectivity index (χ3n) is 3.47. The summed E-state index contributed by atoms with van der Waals surface area (Å²) >= 11 is 0. The lowest BCUT2D eigenvalue weighted by Gasteiger charge is -2.22. The van der Waals surface area contributed by atoms with Crippen LogP contribution in [0.5, 0.6) is 0 Å². The molecule has 1 heterocycles. The zero-order valence-electron chi connectivity index (χ0n) is 9.68. The van der Waals surface area contributed by atoms with E-state index in [1.165, 1.54) is 4.90 Å². The van der Waals surface area contributed by atoms with E-state index in [1.54, 1.807) is 0 Å². The molecule has 2 fully saturated rings. The third kappa shape index (κ3) is 1.88. The molecule has 5 heteroatoms. The molecule has 96 valence electrons. The number of carbonyl (C=O) groups excluding carboxylic acids is 1. The van der Waals surface area contributed by atoms with Gasteiger partial charge in [-0.3, -0.25) is 4.79 Å². The Morgan fingerprint density at radius 2 is 2.00 bits per heavy atom. The maximum atomic E-state index is 12.9. The van der Waals surface area contributed by atoms with Gasteiger partial charge in [0.1, 0.15) is 12.6 Å². The number of ether oxygens (including phenoxy) is 1.